The molecule has 35 heavy (non-hydrogen) atoms. The van der Waals surface area contributed by atoms with Crippen LogP contribution < -0.4 is 14.7 Å². The van der Waals surface area contributed by atoms with Gasteiger partial charge in [0.25, 0.3) is 5.91 Å². The number of hydroxylamine groups is 1. The fourth-order valence-corrected chi connectivity index (χ4v) is 4.60. The number of hydrogen-bond acceptors (Lipinski definition) is 7. The molecule has 8 nitrogen and oxygen atoms in total. The van der Waals surface area contributed by atoms with Crippen LogP contribution in [0.4, 0.5) is 11.4 Å². The van der Waals surface area contributed by atoms with E-state index in [1.807, 2.05) is 37.3 Å². The van der Waals surface area contributed by atoms with Gasteiger partial charge in [-0.3, -0.25) is 14.4 Å². The number of esters is 1. The minimum absolute atomic E-state index is 0.343. The smallest absolute Gasteiger partial charge is 0.337 e. The highest BCUT2D eigenvalue weighted by molar-refractivity contribution is 6.24. The van der Waals surface area contributed by atoms with Crippen LogP contribution in [0.15, 0.2) is 78.9 Å². The number of carbonyl (C=O) groups is 3. The second-order valence-electron chi connectivity index (χ2n) is 8.21. The van der Waals surface area contributed by atoms with Gasteiger partial charge in [0.05, 0.1) is 36.7 Å². The van der Waals surface area contributed by atoms with Crippen LogP contribution in [0.3, 0.4) is 0 Å². The lowest BCUT2D eigenvalue weighted by atomic mass is 9.90. The lowest BCUT2D eigenvalue weighted by molar-refractivity contribution is -0.126. The van der Waals surface area contributed by atoms with Crippen LogP contribution in [-0.2, 0) is 19.2 Å². The first-order valence-corrected chi connectivity index (χ1v) is 11.3. The summed E-state index contributed by atoms with van der Waals surface area (Å²) in [4.78, 5) is 46.3. The quantitative estimate of drug-likeness (QED) is 0.397. The van der Waals surface area contributed by atoms with E-state index >= 15 is 0 Å². The van der Waals surface area contributed by atoms with Gasteiger partial charge in [-0.1, -0.05) is 30.3 Å². The lowest BCUT2D eigenvalue weighted by Crippen LogP contribution is -2.37. The number of anilines is 2. The molecule has 0 spiro atoms. The van der Waals surface area contributed by atoms with Gasteiger partial charge < -0.3 is 9.47 Å². The van der Waals surface area contributed by atoms with E-state index in [4.69, 9.17) is 14.3 Å². The van der Waals surface area contributed by atoms with Gasteiger partial charge in [0.1, 0.15) is 11.7 Å². The first-order valence-electron chi connectivity index (χ1n) is 11.3. The summed E-state index contributed by atoms with van der Waals surface area (Å²) in [6.07, 6.45) is -0.973. The molecule has 2 heterocycles. The average molecular weight is 472 g/mol. The highest BCUT2D eigenvalue weighted by atomic mass is 16.7. The van der Waals surface area contributed by atoms with Crippen molar-refractivity contribution in [2.45, 2.75) is 19.1 Å². The number of ether oxygens (including phenoxy) is 2. The van der Waals surface area contributed by atoms with E-state index in [2.05, 4.69) is 0 Å². The predicted molar refractivity (Wildman–Crippen MR) is 128 cm³/mol. The Hall–Kier alpha value is -4.17. The maximum atomic E-state index is 13.7. The number of fused-ring (bicyclic) bond motifs is 1. The van der Waals surface area contributed by atoms with E-state index < -0.39 is 29.9 Å². The molecule has 0 bridgehead atoms. The van der Waals surface area contributed by atoms with E-state index in [1.165, 1.54) is 12.0 Å². The van der Waals surface area contributed by atoms with Gasteiger partial charge in [-0.05, 0) is 61.0 Å². The summed E-state index contributed by atoms with van der Waals surface area (Å²) in [6.45, 7) is 2.40. The number of amides is 2. The lowest BCUT2D eigenvalue weighted by Gasteiger charge is -2.28. The topological polar surface area (TPSA) is 85.4 Å². The second-order valence-corrected chi connectivity index (χ2v) is 8.21. The second kappa shape index (κ2) is 9.23. The number of methoxy groups -OCH3 is 1. The molecule has 2 amide bonds. The summed E-state index contributed by atoms with van der Waals surface area (Å²) < 4.78 is 10.3. The summed E-state index contributed by atoms with van der Waals surface area (Å²) in [5.74, 6) is -1.32. The van der Waals surface area contributed by atoms with Crippen molar-refractivity contribution in [1.82, 2.24) is 0 Å². The molecule has 0 aromatic heterocycles. The number of nitrogens with zero attached hydrogens (tertiary/aromatic N) is 2. The highest BCUT2D eigenvalue weighted by Gasteiger charge is 2.60. The van der Waals surface area contributed by atoms with Crippen molar-refractivity contribution in [2.24, 2.45) is 5.92 Å². The van der Waals surface area contributed by atoms with E-state index in [-0.39, 0.29) is 5.91 Å². The van der Waals surface area contributed by atoms with Crippen LogP contribution >= 0.6 is 0 Å². The molecular formula is C27H24N2O6. The van der Waals surface area contributed by atoms with Crippen LogP contribution in [0.25, 0.3) is 0 Å². The fraction of sp³-hybridized carbons (Fsp3) is 0.222. The van der Waals surface area contributed by atoms with Gasteiger partial charge in [-0.15, -0.1) is 0 Å². The first kappa shape index (κ1) is 22.6. The molecule has 2 fully saturated rings. The summed E-state index contributed by atoms with van der Waals surface area (Å²) in [5, 5.41) is 1.62. The maximum absolute atomic E-state index is 13.7. The zero-order chi connectivity index (χ0) is 24.5. The van der Waals surface area contributed by atoms with Crippen LogP contribution in [0, 0.1) is 5.92 Å². The van der Waals surface area contributed by atoms with Gasteiger partial charge in [0.15, 0.2) is 6.10 Å². The van der Waals surface area contributed by atoms with Crippen molar-refractivity contribution >= 4 is 29.2 Å². The molecule has 0 N–H and O–H groups in total. The highest BCUT2D eigenvalue weighted by Crippen LogP contribution is 2.47. The molecule has 178 valence electrons. The Balaban J connectivity index is 1.52. The third-order valence-electron chi connectivity index (χ3n) is 6.21. The largest absolute Gasteiger partial charge is 0.494 e. The van der Waals surface area contributed by atoms with Crippen molar-refractivity contribution in [3.8, 4) is 5.75 Å². The molecule has 0 radical (unpaired) electrons. The van der Waals surface area contributed by atoms with Crippen molar-refractivity contribution in [3.63, 3.8) is 0 Å². The monoisotopic (exact) mass is 472 g/mol. The molecule has 0 aliphatic carbocycles. The number of hydrogen-bond donors (Lipinski definition) is 0. The van der Waals surface area contributed by atoms with Gasteiger partial charge in [0.2, 0.25) is 5.91 Å². The van der Waals surface area contributed by atoms with Crippen LogP contribution in [-0.4, -0.2) is 37.6 Å². The molecule has 2 saturated heterocycles. The van der Waals surface area contributed by atoms with Gasteiger partial charge in [-0.25, -0.2) is 14.8 Å². The Morgan fingerprint density at radius 1 is 0.886 bits per heavy atom. The van der Waals surface area contributed by atoms with E-state index in [1.54, 1.807) is 53.6 Å². The molecule has 3 aromatic carbocycles. The Bertz CT molecular complexity index is 1240. The van der Waals surface area contributed by atoms with Crippen LogP contribution in [0.2, 0.25) is 0 Å². The fourth-order valence-electron chi connectivity index (χ4n) is 4.60. The normalized spacial score (nSPS) is 21.3. The average Bonchev–Trinajstić information content (AvgIpc) is 3.41. The number of rotatable bonds is 6. The molecule has 3 aromatic rings. The van der Waals surface area contributed by atoms with Crippen molar-refractivity contribution < 1.29 is 28.7 Å². The third-order valence-corrected chi connectivity index (χ3v) is 6.21. The number of benzene rings is 3. The van der Waals surface area contributed by atoms with Crippen molar-refractivity contribution in [2.75, 3.05) is 23.7 Å². The van der Waals surface area contributed by atoms with Crippen LogP contribution in [0.1, 0.15) is 28.9 Å². The minimum Gasteiger partial charge on any atom is -0.494 e. The molecule has 5 rings (SSSR count). The molecule has 0 saturated carbocycles. The zero-order valence-electron chi connectivity index (χ0n) is 19.3. The Morgan fingerprint density at radius 2 is 1.57 bits per heavy atom. The Kier molecular flexibility index (Phi) is 5.96. The van der Waals surface area contributed by atoms with E-state index in [9.17, 15) is 14.4 Å². The number of carbonyl (C=O) groups excluding carboxylic acids is 3. The molecule has 8 heteroatoms. The molecule has 3 atom stereocenters. The standard InChI is InChI=1S/C27H24N2O6/c1-3-34-21-15-13-19(14-16-21)28-25(30)22-23(17-9-11-18(12-10-17)27(32)33-2)29(35-24(22)26(28)31)20-7-5-4-6-8-20/h4-16,22-24H,3H2,1-2H3/t22-,23-,24+/m1/s1. The zero-order valence-corrected chi connectivity index (χ0v) is 19.3. The van der Waals surface area contributed by atoms with Crippen LogP contribution in [0.5, 0.6) is 5.75 Å². The van der Waals surface area contributed by atoms with Gasteiger partial charge in [0, 0.05) is 0 Å². The van der Waals surface area contributed by atoms with Gasteiger partial charge in [-0.2, -0.15) is 0 Å². The SMILES string of the molecule is CCOc1ccc(N2C(=O)[C@H]3[C@H](ON(c4ccccc4)[C@@H]3c3ccc(C(=O)OC)cc3)C2=O)cc1. The van der Waals surface area contributed by atoms with Crippen molar-refractivity contribution in [1.29, 1.82) is 0 Å². The van der Waals surface area contributed by atoms with E-state index in [0.29, 0.717) is 23.6 Å². The Morgan fingerprint density at radius 3 is 2.20 bits per heavy atom. The summed E-state index contributed by atoms with van der Waals surface area (Å²) in [5.41, 5.74) is 2.32. The number of para-hydroxylation sites is 1. The number of imide groups is 1. The summed E-state index contributed by atoms with van der Waals surface area (Å²) in [7, 11) is 1.32. The minimum atomic E-state index is -0.973. The summed E-state index contributed by atoms with van der Waals surface area (Å²) >= 11 is 0. The first-order chi connectivity index (χ1) is 17.0. The Labute approximate surface area is 202 Å². The third kappa shape index (κ3) is 3.91. The van der Waals surface area contributed by atoms with Crippen molar-refractivity contribution in [3.05, 3.63) is 90.0 Å². The molecular weight excluding hydrogens is 448 g/mol. The molecule has 2 aliphatic rings. The predicted octanol–water partition coefficient (Wildman–Crippen LogP) is 3.92. The van der Waals surface area contributed by atoms with Gasteiger partial charge >= 0.3 is 5.97 Å². The maximum Gasteiger partial charge on any atom is 0.337 e. The molecule has 2 aliphatic heterocycles. The van der Waals surface area contributed by atoms with E-state index in [0.717, 1.165) is 11.3 Å². The molecule has 0 unspecified atom stereocenters. The summed E-state index contributed by atoms with van der Waals surface area (Å²) in [6, 6.07) is 22.4.